The van der Waals surface area contributed by atoms with Gasteiger partial charge >= 0.3 is 11.9 Å². The molecule has 9 unspecified atom stereocenters. The quantitative estimate of drug-likeness (QED) is 0.337. The molecule has 1 aliphatic heterocycles. The lowest BCUT2D eigenvalue weighted by atomic mass is 9.42. The molecule has 1 spiro atoms. The van der Waals surface area contributed by atoms with Gasteiger partial charge < -0.3 is 48.6 Å². The zero-order valence-electron chi connectivity index (χ0n) is 26.6. The molecule has 1 saturated heterocycles. The predicted molar refractivity (Wildman–Crippen MR) is 156 cm³/mol. The SMILES string of the molecule is COCC12CN(C)[C@@H]3C4C(OC)[C@H]1C3(C(OC)CC2O)C1C[C@@]2(O)C(OC(=O)c3ccccc3)[C@@H]1[C@]4(OC(C)=O)C(O)[C@@H]2OC. The predicted octanol–water partition coefficient (Wildman–Crippen LogP) is 0.258. The van der Waals surface area contributed by atoms with Crippen molar-refractivity contribution >= 4 is 11.9 Å². The Hall–Kier alpha value is -2.16. The molecule has 7 rings (SSSR count). The van der Waals surface area contributed by atoms with Crippen molar-refractivity contribution in [1.82, 2.24) is 4.90 Å². The van der Waals surface area contributed by atoms with Gasteiger partial charge in [0.15, 0.2) is 5.60 Å². The normalized spacial score (nSPS) is 50.7. The molecule has 5 saturated carbocycles. The Bertz CT molecular complexity index is 1350. The van der Waals surface area contributed by atoms with Gasteiger partial charge in [0.2, 0.25) is 0 Å². The average Bonchev–Trinajstić information content (AvgIpc) is 3.40. The van der Waals surface area contributed by atoms with Crippen molar-refractivity contribution in [3.05, 3.63) is 35.9 Å². The summed E-state index contributed by atoms with van der Waals surface area (Å²) >= 11 is 0. The van der Waals surface area contributed by atoms with E-state index in [2.05, 4.69) is 4.90 Å². The monoisotopic (exact) mass is 631 g/mol. The number of carbonyl (C=O) groups is 2. The van der Waals surface area contributed by atoms with E-state index in [4.69, 9.17) is 28.4 Å². The molecule has 45 heavy (non-hydrogen) atoms. The van der Waals surface area contributed by atoms with E-state index in [9.17, 15) is 24.9 Å². The first-order chi connectivity index (χ1) is 21.4. The van der Waals surface area contributed by atoms with Gasteiger partial charge in [-0.15, -0.1) is 0 Å². The van der Waals surface area contributed by atoms with E-state index in [1.807, 2.05) is 7.05 Å². The van der Waals surface area contributed by atoms with Crippen LogP contribution >= 0.6 is 0 Å². The number of fused-ring (bicyclic) bond motifs is 2. The summed E-state index contributed by atoms with van der Waals surface area (Å²) in [7, 11) is 8.20. The topological polar surface area (TPSA) is 153 Å². The fourth-order valence-corrected chi connectivity index (χ4v) is 12.2. The summed E-state index contributed by atoms with van der Waals surface area (Å²) < 4.78 is 37.2. The van der Waals surface area contributed by atoms with Crippen LogP contribution < -0.4 is 0 Å². The first-order valence-corrected chi connectivity index (χ1v) is 15.8. The van der Waals surface area contributed by atoms with E-state index in [1.165, 1.54) is 14.0 Å². The molecule has 12 nitrogen and oxygen atoms in total. The molecule has 15 atom stereocenters. The minimum Gasteiger partial charge on any atom is -0.455 e. The van der Waals surface area contributed by atoms with E-state index in [1.54, 1.807) is 51.7 Å². The number of likely N-dealkylation sites (tertiary alicyclic amines) is 1. The summed E-state index contributed by atoms with van der Waals surface area (Å²) in [6.07, 6.45) is -5.50. The maximum Gasteiger partial charge on any atom is 0.338 e. The van der Waals surface area contributed by atoms with Crippen LogP contribution in [0.5, 0.6) is 0 Å². The number of carbonyl (C=O) groups excluding carboxylic acids is 2. The number of rotatable bonds is 8. The van der Waals surface area contributed by atoms with E-state index in [0.29, 0.717) is 18.5 Å². The van der Waals surface area contributed by atoms with Gasteiger partial charge in [0.25, 0.3) is 0 Å². The number of esters is 2. The standard InChI is InChI=1S/C33H45NO11/c1-16(35)45-33-21-18(13-31(39,28(43-6)26(33)37)27(21)44-29(38)17-10-8-7-9-11-17)32-20(41-4)12-19(36)30(15-40-3)14-34(2)25(32)22(33)23(42-5)24(30)32/h7-11,18-28,36-37,39H,12-15H2,1-6H3/t18?,19?,20?,21-,22?,23?,24-,25-,26?,27?,28+,30?,31-,32?,33-/m1/s1. The van der Waals surface area contributed by atoms with Crippen molar-refractivity contribution in [2.24, 2.45) is 34.5 Å². The number of hydrogen-bond acceptors (Lipinski definition) is 12. The van der Waals surface area contributed by atoms with E-state index < -0.39 is 88.3 Å². The third-order valence-electron chi connectivity index (χ3n) is 12.9. The van der Waals surface area contributed by atoms with Gasteiger partial charge in [-0.3, -0.25) is 4.79 Å². The van der Waals surface area contributed by atoms with Crippen molar-refractivity contribution in [2.45, 2.75) is 73.6 Å². The van der Waals surface area contributed by atoms with E-state index in [0.717, 1.165) is 0 Å². The highest BCUT2D eigenvalue weighted by Gasteiger charge is 2.92. The van der Waals surface area contributed by atoms with Gasteiger partial charge in [0.05, 0.1) is 30.5 Å². The molecule has 1 aromatic carbocycles. The second kappa shape index (κ2) is 10.4. The lowest BCUT2D eigenvalue weighted by Gasteiger charge is -2.70. The Balaban J connectivity index is 1.52. The molecular weight excluding hydrogens is 586 g/mol. The number of nitrogens with zero attached hydrogens (tertiary/aromatic N) is 1. The van der Waals surface area contributed by atoms with Gasteiger partial charge in [-0.1, -0.05) is 18.2 Å². The molecule has 248 valence electrons. The molecule has 3 N–H and O–H groups in total. The van der Waals surface area contributed by atoms with Crippen LogP contribution in [0.3, 0.4) is 0 Å². The van der Waals surface area contributed by atoms with E-state index >= 15 is 0 Å². The molecule has 0 amide bonds. The number of methoxy groups -OCH3 is 4. The minimum absolute atomic E-state index is 0.0754. The number of benzene rings is 1. The zero-order chi connectivity index (χ0) is 32.3. The summed E-state index contributed by atoms with van der Waals surface area (Å²) in [5.41, 5.74) is -4.79. The number of aliphatic hydroxyl groups is 3. The number of hydrogen-bond donors (Lipinski definition) is 3. The highest BCUT2D eigenvalue weighted by molar-refractivity contribution is 5.89. The molecule has 12 heteroatoms. The Kier molecular flexibility index (Phi) is 7.28. The molecular formula is C33H45NO11. The first-order valence-electron chi connectivity index (χ1n) is 15.8. The van der Waals surface area contributed by atoms with Crippen LogP contribution in [0, 0.1) is 34.5 Å². The molecule has 0 aromatic heterocycles. The lowest BCUT2D eigenvalue weighted by molar-refractivity contribution is -0.321. The van der Waals surface area contributed by atoms with Crippen LogP contribution in [0.2, 0.25) is 0 Å². The fraction of sp³-hybridized carbons (Fsp3) is 0.758. The Morgan fingerprint density at radius 3 is 2.31 bits per heavy atom. The summed E-state index contributed by atoms with van der Waals surface area (Å²) in [4.78, 5) is 29.1. The van der Waals surface area contributed by atoms with Crippen LogP contribution in [-0.2, 0) is 33.2 Å². The molecule has 5 aliphatic carbocycles. The zero-order valence-corrected chi connectivity index (χ0v) is 26.6. The largest absolute Gasteiger partial charge is 0.455 e. The number of aliphatic hydroxyl groups excluding tert-OH is 2. The van der Waals surface area contributed by atoms with Crippen molar-refractivity contribution in [1.29, 1.82) is 0 Å². The third kappa shape index (κ3) is 3.55. The third-order valence-corrected chi connectivity index (χ3v) is 12.9. The highest BCUT2D eigenvalue weighted by Crippen LogP contribution is 2.80. The average molecular weight is 632 g/mol. The van der Waals surface area contributed by atoms with Crippen molar-refractivity contribution in [3.8, 4) is 0 Å². The van der Waals surface area contributed by atoms with Gasteiger partial charge in [-0.05, 0) is 31.5 Å². The van der Waals surface area contributed by atoms with Gasteiger partial charge in [-0.25, -0.2) is 4.79 Å². The summed E-state index contributed by atoms with van der Waals surface area (Å²) in [6.45, 7) is 2.00. The highest BCUT2D eigenvalue weighted by atomic mass is 16.6. The number of piperidine rings is 1. The molecule has 1 aromatic rings. The van der Waals surface area contributed by atoms with Crippen LogP contribution in [-0.4, -0.2) is 135 Å². The lowest BCUT2D eigenvalue weighted by Crippen LogP contribution is -2.81. The molecule has 0 radical (unpaired) electrons. The molecule has 1 heterocycles. The van der Waals surface area contributed by atoms with Crippen LogP contribution in [0.15, 0.2) is 30.3 Å². The van der Waals surface area contributed by atoms with Gasteiger partial charge in [0, 0.05) is 83.0 Å². The maximum atomic E-state index is 13.7. The van der Waals surface area contributed by atoms with Crippen LogP contribution in [0.4, 0.5) is 0 Å². The Morgan fingerprint density at radius 1 is 1.00 bits per heavy atom. The second-order valence-corrected chi connectivity index (χ2v) is 14.3. The molecule has 7 bridgehead atoms. The Morgan fingerprint density at radius 2 is 1.71 bits per heavy atom. The fourth-order valence-electron chi connectivity index (χ4n) is 12.2. The van der Waals surface area contributed by atoms with Crippen LogP contribution in [0.1, 0.15) is 30.1 Å². The summed E-state index contributed by atoms with van der Waals surface area (Å²) in [5, 5.41) is 37.0. The van der Waals surface area contributed by atoms with Crippen molar-refractivity contribution < 1.29 is 53.3 Å². The maximum absolute atomic E-state index is 13.7. The van der Waals surface area contributed by atoms with Crippen molar-refractivity contribution in [2.75, 3.05) is 48.6 Å². The summed E-state index contributed by atoms with van der Waals surface area (Å²) in [6, 6.07) is 8.15. The van der Waals surface area contributed by atoms with Crippen molar-refractivity contribution in [3.63, 3.8) is 0 Å². The van der Waals surface area contributed by atoms with E-state index in [-0.39, 0.29) is 25.0 Å². The number of ether oxygens (including phenoxy) is 6. The Labute approximate surface area is 262 Å². The second-order valence-electron chi connectivity index (χ2n) is 14.3. The molecule has 6 fully saturated rings. The summed E-state index contributed by atoms with van der Waals surface area (Å²) in [5.74, 6) is -3.66. The van der Waals surface area contributed by atoms with Gasteiger partial charge in [0.1, 0.15) is 23.9 Å². The van der Waals surface area contributed by atoms with Crippen LogP contribution in [0.25, 0.3) is 0 Å². The first kappa shape index (κ1) is 31.4. The minimum atomic E-state index is -1.83. The van der Waals surface area contributed by atoms with Gasteiger partial charge in [-0.2, -0.15) is 0 Å². The molecule has 6 aliphatic rings. The smallest absolute Gasteiger partial charge is 0.338 e.